The standard InChI is InChI=1S/C20H20ClNO3S/c1-3-15-9-10-17(21)13-19(15)20-16(14-25-2)11-12-22(20)26(23,24)18-7-5-4-6-8-18/h4-13H,3,14H2,1-2H3. The first-order chi connectivity index (χ1) is 12.5. The molecular weight excluding hydrogens is 370 g/mol. The van der Waals surface area contributed by atoms with Crippen molar-refractivity contribution in [1.29, 1.82) is 0 Å². The minimum atomic E-state index is -3.74. The number of benzene rings is 2. The summed E-state index contributed by atoms with van der Waals surface area (Å²) in [5.74, 6) is 0. The first-order valence-corrected chi connectivity index (χ1v) is 10.1. The molecule has 0 fully saturated rings. The summed E-state index contributed by atoms with van der Waals surface area (Å²) in [6.45, 7) is 2.34. The number of ether oxygens (including phenoxy) is 1. The van der Waals surface area contributed by atoms with E-state index < -0.39 is 10.0 Å². The molecule has 0 unspecified atom stereocenters. The van der Waals surface area contributed by atoms with Crippen LogP contribution in [-0.4, -0.2) is 19.5 Å². The Labute approximate surface area is 159 Å². The van der Waals surface area contributed by atoms with E-state index >= 15 is 0 Å². The highest BCUT2D eigenvalue weighted by molar-refractivity contribution is 7.90. The quantitative estimate of drug-likeness (QED) is 0.611. The van der Waals surface area contributed by atoms with Crippen LogP contribution in [0.1, 0.15) is 18.1 Å². The van der Waals surface area contributed by atoms with Crippen molar-refractivity contribution in [3.63, 3.8) is 0 Å². The van der Waals surface area contributed by atoms with Crippen LogP contribution in [0.4, 0.5) is 0 Å². The highest BCUT2D eigenvalue weighted by Gasteiger charge is 2.24. The fraction of sp³-hybridized carbons (Fsp3) is 0.200. The molecule has 0 bridgehead atoms. The zero-order chi connectivity index (χ0) is 18.7. The molecule has 0 N–H and O–H groups in total. The lowest BCUT2D eigenvalue weighted by Gasteiger charge is -2.16. The monoisotopic (exact) mass is 389 g/mol. The van der Waals surface area contributed by atoms with Gasteiger partial charge in [0.15, 0.2) is 0 Å². The molecule has 0 radical (unpaired) electrons. The summed E-state index contributed by atoms with van der Waals surface area (Å²) in [6.07, 6.45) is 2.34. The fourth-order valence-electron chi connectivity index (χ4n) is 3.00. The molecular formula is C20H20ClNO3S. The summed E-state index contributed by atoms with van der Waals surface area (Å²) >= 11 is 6.21. The maximum atomic E-state index is 13.2. The van der Waals surface area contributed by atoms with Crippen LogP contribution < -0.4 is 0 Å². The molecule has 3 aromatic rings. The number of aromatic nitrogens is 1. The van der Waals surface area contributed by atoms with Gasteiger partial charge in [0.1, 0.15) is 0 Å². The van der Waals surface area contributed by atoms with Crippen molar-refractivity contribution in [2.45, 2.75) is 24.8 Å². The third kappa shape index (κ3) is 3.43. The van der Waals surface area contributed by atoms with Crippen LogP contribution in [0.2, 0.25) is 5.02 Å². The molecule has 0 saturated heterocycles. The van der Waals surface area contributed by atoms with Gasteiger partial charge in [0.25, 0.3) is 10.0 Å². The average molecular weight is 390 g/mol. The molecule has 0 aliphatic carbocycles. The summed E-state index contributed by atoms with van der Waals surface area (Å²) in [5, 5.41) is 0.561. The molecule has 136 valence electrons. The Morgan fingerprint density at radius 1 is 1.04 bits per heavy atom. The van der Waals surface area contributed by atoms with Crippen LogP contribution in [0.5, 0.6) is 0 Å². The minimum absolute atomic E-state index is 0.237. The average Bonchev–Trinajstić information content (AvgIpc) is 3.07. The van der Waals surface area contributed by atoms with Crippen molar-refractivity contribution < 1.29 is 13.2 Å². The van der Waals surface area contributed by atoms with Crippen LogP contribution in [-0.2, 0) is 27.8 Å². The highest BCUT2D eigenvalue weighted by Crippen LogP contribution is 2.34. The van der Waals surface area contributed by atoms with Gasteiger partial charge in [0, 0.05) is 29.5 Å². The van der Waals surface area contributed by atoms with Gasteiger partial charge < -0.3 is 4.74 Å². The van der Waals surface area contributed by atoms with E-state index in [1.807, 2.05) is 25.1 Å². The summed E-state index contributed by atoms with van der Waals surface area (Å²) < 4.78 is 33.0. The van der Waals surface area contributed by atoms with Gasteiger partial charge in [0.05, 0.1) is 17.2 Å². The maximum absolute atomic E-state index is 13.2. The number of rotatable bonds is 6. The van der Waals surface area contributed by atoms with Crippen molar-refractivity contribution in [2.75, 3.05) is 7.11 Å². The number of methoxy groups -OCH3 is 1. The largest absolute Gasteiger partial charge is 0.380 e. The second kappa shape index (κ2) is 7.66. The molecule has 6 heteroatoms. The molecule has 1 aromatic heterocycles. The SMILES string of the molecule is CCc1ccc(Cl)cc1-c1c(COC)ccn1S(=O)(=O)c1ccccc1. The van der Waals surface area contributed by atoms with Gasteiger partial charge in [0.2, 0.25) is 0 Å². The van der Waals surface area contributed by atoms with Gasteiger partial charge in [-0.15, -0.1) is 0 Å². The molecule has 0 aliphatic heterocycles. The zero-order valence-electron chi connectivity index (χ0n) is 14.6. The van der Waals surface area contributed by atoms with Crippen molar-refractivity contribution in [2.24, 2.45) is 0 Å². The third-order valence-electron chi connectivity index (χ3n) is 4.24. The molecule has 1 heterocycles. The fourth-order valence-corrected chi connectivity index (χ4v) is 4.58. The van der Waals surface area contributed by atoms with Crippen LogP contribution in [0.25, 0.3) is 11.3 Å². The Morgan fingerprint density at radius 3 is 2.42 bits per heavy atom. The number of hydrogen-bond acceptors (Lipinski definition) is 3. The van der Waals surface area contributed by atoms with E-state index in [4.69, 9.17) is 16.3 Å². The molecule has 0 spiro atoms. The van der Waals surface area contributed by atoms with Gasteiger partial charge >= 0.3 is 0 Å². The maximum Gasteiger partial charge on any atom is 0.268 e. The summed E-state index contributed by atoms with van der Waals surface area (Å²) in [5.41, 5.74) is 3.21. The van der Waals surface area contributed by atoms with E-state index in [1.54, 1.807) is 49.7 Å². The number of hydrogen-bond donors (Lipinski definition) is 0. The molecule has 26 heavy (non-hydrogen) atoms. The van der Waals surface area contributed by atoms with Gasteiger partial charge in [-0.3, -0.25) is 0 Å². The molecule has 0 saturated carbocycles. The molecule has 0 aliphatic rings. The summed E-state index contributed by atoms with van der Waals surface area (Å²) in [4.78, 5) is 0.237. The number of halogens is 1. The predicted molar refractivity (Wildman–Crippen MR) is 104 cm³/mol. The lowest BCUT2D eigenvalue weighted by molar-refractivity contribution is 0.185. The number of aryl methyl sites for hydroxylation is 1. The van der Waals surface area contributed by atoms with Crippen molar-refractivity contribution in [3.05, 3.63) is 76.9 Å². The molecule has 0 atom stereocenters. The van der Waals surface area contributed by atoms with Crippen LogP contribution in [0, 0.1) is 0 Å². The molecule has 4 nitrogen and oxygen atoms in total. The smallest absolute Gasteiger partial charge is 0.268 e. The minimum Gasteiger partial charge on any atom is -0.380 e. The second-order valence-electron chi connectivity index (χ2n) is 5.89. The van der Waals surface area contributed by atoms with Gasteiger partial charge in [-0.1, -0.05) is 42.8 Å². The Hall–Kier alpha value is -2.08. The summed E-state index contributed by atoms with van der Waals surface area (Å²) in [7, 11) is -2.15. The van der Waals surface area contributed by atoms with E-state index in [9.17, 15) is 8.42 Å². The van der Waals surface area contributed by atoms with Gasteiger partial charge in [-0.2, -0.15) is 0 Å². The zero-order valence-corrected chi connectivity index (χ0v) is 16.2. The van der Waals surface area contributed by atoms with E-state index in [1.165, 1.54) is 3.97 Å². The molecule has 2 aromatic carbocycles. The van der Waals surface area contributed by atoms with Crippen molar-refractivity contribution in [1.82, 2.24) is 3.97 Å². The van der Waals surface area contributed by atoms with Crippen molar-refractivity contribution >= 4 is 21.6 Å². The van der Waals surface area contributed by atoms with E-state index in [0.717, 1.165) is 23.1 Å². The van der Waals surface area contributed by atoms with Crippen molar-refractivity contribution in [3.8, 4) is 11.3 Å². The van der Waals surface area contributed by atoms with Gasteiger partial charge in [-0.05, 0) is 42.3 Å². The lowest BCUT2D eigenvalue weighted by Crippen LogP contribution is -2.14. The Kier molecular flexibility index (Phi) is 5.51. The first-order valence-electron chi connectivity index (χ1n) is 8.27. The second-order valence-corrected chi connectivity index (χ2v) is 8.14. The van der Waals surface area contributed by atoms with E-state index in [2.05, 4.69) is 0 Å². The normalized spacial score (nSPS) is 11.7. The lowest BCUT2D eigenvalue weighted by atomic mass is 10.0. The molecule has 0 amide bonds. The molecule has 3 rings (SSSR count). The van der Waals surface area contributed by atoms with Gasteiger partial charge in [-0.25, -0.2) is 12.4 Å². The Balaban J connectivity index is 2.29. The topological polar surface area (TPSA) is 48.3 Å². The summed E-state index contributed by atoms with van der Waals surface area (Å²) in [6, 6.07) is 15.7. The third-order valence-corrected chi connectivity index (χ3v) is 6.17. The predicted octanol–water partition coefficient (Wildman–Crippen LogP) is 4.75. The number of nitrogens with zero attached hydrogens (tertiary/aromatic N) is 1. The Morgan fingerprint density at radius 2 is 1.77 bits per heavy atom. The first kappa shape index (κ1) is 18.7. The van der Waals surface area contributed by atoms with Crippen LogP contribution in [0.3, 0.4) is 0 Å². The highest BCUT2D eigenvalue weighted by atomic mass is 35.5. The van der Waals surface area contributed by atoms with Crippen LogP contribution in [0.15, 0.2) is 65.7 Å². The Bertz CT molecular complexity index is 1010. The van der Waals surface area contributed by atoms with Crippen LogP contribution >= 0.6 is 11.6 Å². The van der Waals surface area contributed by atoms with E-state index in [0.29, 0.717) is 17.3 Å². The van der Waals surface area contributed by atoms with E-state index in [-0.39, 0.29) is 4.90 Å².